The van der Waals surface area contributed by atoms with Gasteiger partial charge >= 0.3 is 0 Å². The van der Waals surface area contributed by atoms with Crippen LogP contribution in [0.2, 0.25) is 0 Å². The molecule has 1 aromatic carbocycles. The van der Waals surface area contributed by atoms with Gasteiger partial charge in [0.1, 0.15) is 5.75 Å². The van der Waals surface area contributed by atoms with E-state index in [0.29, 0.717) is 16.9 Å². The summed E-state index contributed by atoms with van der Waals surface area (Å²) >= 11 is 0. The minimum Gasteiger partial charge on any atom is -0.493 e. The first-order valence-electron chi connectivity index (χ1n) is 8.31. The molecular formula is C19H29NO. The summed E-state index contributed by atoms with van der Waals surface area (Å²) in [5.74, 6) is 1.08. The van der Waals surface area contributed by atoms with Crippen molar-refractivity contribution in [3.8, 4) is 5.75 Å². The van der Waals surface area contributed by atoms with Crippen LogP contribution >= 0.6 is 0 Å². The molecule has 1 saturated carbocycles. The van der Waals surface area contributed by atoms with Crippen LogP contribution in [-0.2, 0) is 13.0 Å². The fourth-order valence-electron chi connectivity index (χ4n) is 4.60. The highest BCUT2D eigenvalue weighted by atomic mass is 16.5. The molecule has 2 nitrogen and oxygen atoms in total. The van der Waals surface area contributed by atoms with Crippen LogP contribution in [0.3, 0.4) is 0 Å². The lowest BCUT2D eigenvalue weighted by Gasteiger charge is -2.45. The van der Waals surface area contributed by atoms with Crippen LogP contribution in [0.15, 0.2) is 18.2 Å². The second kappa shape index (κ2) is 5.31. The molecule has 0 radical (unpaired) electrons. The summed E-state index contributed by atoms with van der Waals surface area (Å²) in [5.41, 5.74) is 3.66. The van der Waals surface area contributed by atoms with E-state index in [1.165, 1.54) is 30.4 Å². The van der Waals surface area contributed by atoms with Crippen LogP contribution in [0, 0.1) is 10.8 Å². The summed E-state index contributed by atoms with van der Waals surface area (Å²) in [6.45, 7) is 11.5. The molecule has 1 fully saturated rings. The SMILES string of the molecule is CC1(C)CC(NCc2ccc3c(c2)CCO3)CC(C)(C)C1. The molecule has 1 aromatic rings. The van der Waals surface area contributed by atoms with Gasteiger partial charge in [-0.05, 0) is 47.3 Å². The van der Waals surface area contributed by atoms with Gasteiger partial charge in [-0.1, -0.05) is 39.8 Å². The van der Waals surface area contributed by atoms with Gasteiger partial charge in [0, 0.05) is 19.0 Å². The van der Waals surface area contributed by atoms with Gasteiger partial charge in [-0.2, -0.15) is 0 Å². The first kappa shape index (κ1) is 14.9. The van der Waals surface area contributed by atoms with Crippen LogP contribution in [0.25, 0.3) is 0 Å². The Morgan fingerprint density at radius 3 is 2.57 bits per heavy atom. The zero-order valence-corrected chi connectivity index (χ0v) is 14.0. The van der Waals surface area contributed by atoms with Crippen LogP contribution in [0.4, 0.5) is 0 Å². The second-order valence-corrected chi connectivity index (χ2v) is 8.53. The van der Waals surface area contributed by atoms with Gasteiger partial charge in [-0.15, -0.1) is 0 Å². The maximum atomic E-state index is 5.58. The van der Waals surface area contributed by atoms with Gasteiger partial charge in [0.15, 0.2) is 0 Å². The van der Waals surface area contributed by atoms with Crippen molar-refractivity contribution in [1.82, 2.24) is 5.32 Å². The molecule has 21 heavy (non-hydrogen) atoms. The minimum absolute atomic E-state index is 0.450. The number of hydrogen-bond acceptors (Lipinski definition) is 2. The molecule has 0 bridgehead atoms. The highest BCUT2D eigenvalue weighted by molar-refractivity contribution is 5.39. The van der Waals surface area contributed by atoms with E-state index >= 15 is 0 Å². The average molecular weight is 287 g/mol. The van der Waals surface area contributed by atoms with Gasteiger partial charge < -0.3 is 10.1 Å². The lowest BCUT2D eigenvalue weighted by Crippen LogP contribution is -2.43. The summed E-state index contributed by atoms with van der Waals surface area (Å²) < 4.78 is 5.58. The molecule has 0 atom stereocenters. The highest BCUT2D eigenvalue weighted by Gasteiger charge is 2.38. The number of nitrogens with one attached hydrogen (secondary N) is 1. The van der Waals surface area contributed by atoms with Gasteiger partial charge in [-0.3, -0.25) is 0 Å². The molecule has 1 N–H and O–H groups in total. The lowest BCUT2D eigenvalue weighted by atomic mass is 9.63. The fraction of sp³-hybridized carbons (Fsp3) is 0.684. The second-order valence-electron chi connectivity index (χ2n) is 8.53. The zero-order chi connectivity index (χ0) is 15.1. The molecule has 1 aliphatic heterocycles. The maximum Gasteiger partial charge on any atom is 0.122 e. The highest BCUT2D eigenvalue weighted by Crippen LogP contribution is 2.45. The van der Waals surface area contributed by atoms with Crippen LogP contribution in [0.1, 0.15) is 58.1 Å². The Morgan fingerprint density at radius 1 is 1.14 bits per heavy atom. The number of fused-ring (bicyclic) bond motifs is 1. The van der Waals surface area contributed by atoms with E-state index in [1.807, 2.05) is 0 Å². The minimum atomic E-state index is 0.450. The monoisotopic (exact) mass is 287 g/mol. The van der Waals surface area contributed by atoms with E-state index in [-0.39, 0.29) is 0 Å². The number of hydrogen-bond donors (Lipinski definition) is 1. The van der Waals surface area contributed by atoms with Crippen molar-refractivity contribution in [2.24, 2.45) is 10.8 Å². The van der Waals surface area contributed by atoms with Crippen LogP contribution < -0.4 is 10.1 Å². The lowest BCUT2D eigenvalue weighted by molar-refractivity contribution is 0.0845. The largest absolute Gasteiger partial charge is 0.493 e. The maximum absolute atomic E-state index is 5.58. The summed E-state index contributed by atoms with van der Waals surface area (Å²) in [5, 5.41) is 3.80. The summed E-state index contributed by atoms with van der Waals surface area (Å²) in [6.07, 6.45) is 4.95. The molecule has 116 valence electrons. The predicted octanol–water partition coefficient (Wildman–Crippen LogP) is 4.32. The van der Waals surface area contributed by atoms with Crippen LogP contribution in [0.5, 0.6) is 5.75 Å². The third kappa shape index (κ3) is 3.60. The van der Waals surface area contributed by atoms with Crippen molar-refractivity contribution in [1.29, 1.82) is 0 Å². The van der Waals surface area contributed by atoms with Crippen molar-refractivity contribution in [3.05, 3.63) is 29.3 Å². The van der Waals surface area contributed by atoms with Gasteiger partial charge in [0.2, 0.25) is 0 Å². The normalized spacial score (nSPS) is 23.6. The fourth-order valence-corrected chi connectivity index (χ4v) is 4.60. The number of rotatable bonds is 3. The van der Waals surface area contributed by atoms with Crippen molar-refractivity contribution < 1.29 is 4.74 Å². The first-order valence-corrected chi connectivity index (χ1v) is 8.31. The van der Waals surface area contributed by atoms with Crippen molar-refractivity contribution in [2.75, 3.05) is 6.61 Å². The summed E-state index contributed by atoms with van der Waals surface area (Å²) in [7, 11) is 0. The van der Waals surface area contributed by atoms with E-state index in [9.17, 15) is 0 Å². The van der Waals surface area contributed by atoms with Gasteiger partial charge in [0.05, 0.1) is 6.61 Å². The Morgan fingerprint density at radius 2 is 1.86 bits per heavy atom. The Bertz CT molecular complexity index is 502. The standard InChI is InChI=1S/C19H29NO/c1-18(2)10-16(11-19(3,4)13-18)20-12-14-5-6-17-15(9-14)7-8-21-17/h5-6,9,16,20H,7-8,10-13H2,1-4H3. The van der Waals surface area contributed by atoms with E-state index in [1.54, 1.807) is 0 Å². The molecule has 3 rings (SSSR count). The van der Waals surface area contributed by atoms with Gasteiger partial charge in [0.25, 0.3) is 0 Å². The van der Waals surface area contributed by atoms with E-state index in [2.05, 4.69) is 51.2 Å². The van der Waals surface area contributed by atoms with Crippen LogP contribution in [-0.4, -0.2) is 12.6 Å². The third-order valence-corrected chi connectivity index (χ3v) is 4.90. The predicted molar refractivity (Wildman–Crippen MR) is 87.7 cm³/mol. The molecule has 0 unspecified atom stereocenters. The smallest absolute Gasteiger partial charge is 0.122 e. The molecule has 0 spiro atoms. The number of ether oxygens (including phenoxy) is 1. The van der Waals surface area contributed by atoms with Crippen molar-refractivity contribution >= 4 is 0 Å². The van der Waals surface area contributed by atoms with Crippen molar-refractivity contribution in [3.63, 3.8) is 0 Å². The van der Waals surface area contributed by atoms with Crippen molar-refractivity contribution in [2.45, 2.75) is 66.0 Å². The summed E-state index contributed by atoms with van der Waals surface area (Å²) in [4.78, 5) is 0. The Kier molecular flexibility index (Phi) is 3.77. The molecule has 0 amide bonds. The molecular weight excluding hydrogens is 258 g/mol. The molecule has 0 saturated heterocycles. The zero-order valence-electron chi connectivity index (χ0n) is 14.0. The molecule has 1 heterocycles. The Labute approximate surface area is 129 Å². The van der Waals surface area contributed by atoms with E-state index in [4.69, 9.17) is 4.74 Å². The summed E-state index contributed by atoms with van der Waals surface area (Å²) in [6, 6.07) is 7.28. The Hall–Kier alpha value is -1.02. The van der Waals surface area contributed by atoms with E-state index < -0.39 is 0 Å². The average Bonchev–Trinajstić information content (AvgIpc) is 2.79. The molecule has 1 aliphatic carbocycles. The molecule has 2 aliphatic rings. The molecule has 0 aromatic heterocycles. The molecule has 2 heteroatoms. The van der Waals surface area contributed by atoms with E-state index in [0.717, 1.165) is 25.3 Å². The third-order valence-electron chi connectivity index (χ3n) is 4.90. The van der Waals surface area contributed by atoms with Gasteiger partial charge in [-0.25, -0.2) is 0 Å². The Balaban J connectivity index is 1.62. The topological polar surface area (TPSA) is 21.3 Å². The number of benzene rings is 1. The quantitative estimate of drug-likeness (QED) is 0.894. The first-order chi connectivity index (χ1) is 9.83.